The monoisotopic (exact) mass is 452 g/mol. The second-order valence-electron chi connectivity index (χ2n) is 8.24. The quantitative estimate of drug-likeness (QED) is 0.619. The summed E-state index contributed by atoms with van der Waals surface area (Å²) in [6.07, 6.45) is 2.36. The highest BCUT2D eigenvalue weighted by Gasteiger charge is 2.54. The largest absolute Gasteiger partial charge is 0.497 e. The number of ether oxygens (including phenoxy) is 2. The van der Waals surface area contributed by atoms with Crippen molar-refractivity contribution >= 4 is 17.8 Å². The zero-order chi connectivity index (χ0) is 23.6. The average Bonchev–Trinajstić information content (AvgIpc) is 3.10. The molecule has 0 aliphatic carbocycles. The van der Waals surface area contributed by atoms with Gasteiger partial charge in [-0.3, -0.25) is 14.5 Å². The van der Waals surface area contributed by atoms with E-state index in [1.54, 1.807) is 67.7 Å². The third kappa shape index (κ3) is 4.00. The molecule has 174 valence electrons. The third-order valence-corrected chi connectivity index (χ3v) is 6.42. The van der Waals surface area contributed by atoms with Gasteiger partial charge in [-0.15, -0.1) is 0 Å². The lowest BCUT2D eigenvalue weighted by Gasteiger charge is -2.35. The van der Waals surface area contributed by atoms with Crippen LogP contribution in [0.1, 0.15) is 30.4 Å². The molecule has 1 atom stereocenters. The predicted molar refractivity (Wildman–Crippen MR) is 121 cm³/mol. The van der Waals surface area contributed by atoms with E-state index >= 15 is 0 Å². The van der Waals surface area contributed by atoms with Crippen LogP contribution in [0.15, 0.2) is 48.5 Å². The van der Waals surface area contributed by atoms with Crippen LogP contribution >= 0.6 is 0 Å². The second-order valence-corrected chi connectivity index (χ2v) is 8.24. The Hall–Kier alpha value is -3.59. The van der Waals surface area contributed by atoms with Crippen molar-refractivity contribution in [3.8, 4) is 11.5 Å². The Morgan fingerprint density at radius 3 is 2.03 bits per heavy atom. The summed E-state index contributed by atoms with van der Waals surface area (Å²) < 4.78 is 10.5. The van der Waals surface area contributed by atoms with Gasteiger partial charge in [0.1, 0.15) is 11.5 Å². The molecule has 0 radical (unpaired) electrons. The molecule has 2 aliphatic rings. The standard InChI is InChI=1S/C24H28N4O5/c1-32-18-10-6-16(7-11-18)24(17-8-12-19(33-2)13-9-17)22(30)28(23(31)26-24)15-27-14-4-3-5-20(27)21(25)29/h6-13,20H,3-5,14-15H2,1-2H3,(H2,25,29)(H,26,31). The Balaban J connectivity index is 1.74. The molecule has 4 amide bonds. The van der Waals surface area contributed by atoms with Gasteiger partial charge in [0.05, 0.1) is 26.9 Å². The van der Waals surface area contributed by atoms with Gasteiger partial charge in [-0.25, -0.2) is 9.69 Å². The molecule has 3 N–H and O–H groups in total. The van der Waals surface area contributed by atoms with Crippen molar-refractivity contribution in [2.75, 3.05) is 27.4 Å². The molecule has 9 nitrogen and oxygen atoms in total. The number of likely N-dealkylation sites (tertiary alicyclic amines) is 1. The lowest BCUT2D eigenvalue weighted by Crippen LogP contribution is -2.53. The molecule has 2 fully saturated rings. The van der Waals surface area contributed by atoms with Crippen LogP contribution in [-0.4, -0.2) is 61.1 Å². The summed E-state index contributed by atoms with van der Waals surface area (Å²) in [4.78, 5) is 42.0. The summed E-state index contributed by atoms with van der Waals surface area (Å²) in [6, 6.07) is 13.0. The van der Waals surface area contributed by atoms with Gasteiger partial charge in [0.2, 0.25) is 5.91 Å². The van der Waals surface area contributed by atoms with Gasteiger partial charge >= 0.3 is 6.03 Å². The lowest BCUT2D eigenvalue weighted by molar-refractivity contribution is -0.134. The van der Waals surface area contributed by atoms with Gasteiger partial charge in [0.25, 0.3) is 5.91 Å². The van der Waals surface area contributed by atoms with Gasteiger partial charge in [-0.2, -0.15) is 0 Å². The van der Waals surface area contributed by atoms with Crippen LogP contribution in [-0.2, 0) is 15.1 Å². The number of piperidine rings is 1. The number of hydrogen-bond acceptors (Lipinski definition) is 6. The van der Waals surface area contributed by atoms with E-state index in [4.69, 9.17) is 15.2 Å². The third-order valence-electron chi connectivity index (χ3n) is 6.42. The summed E-state index contributed by atoms with van der Waals surface area (Å²) in [7, 11) is 3.12. The minimum Gasteiger partial charge on any atom is -0.497 e. The first-order chi connectivity index (χ1) is 15.9. The van der Waals surface area contributed by atoms with E-state index in [0.29, 0.717) is 35.6 Å². The molecule has 0 aromatic heterocycles. The number of amides is 4. The van der Waals surface area contributed by atoms with E-state index in [9.17, 15) is 14.4 Å². The lowest BCUT2D eigenvalue weighted by atomic mass is 9.82. The second kappa shape index (κ2) is 9.11. The number of urea groups is 1. The van der Waals surface area contributed by atoms with Gasteiger partial charge < -0.3 is 20.5 Å². The maximum atomic E-state index is 13.9. The molecule has 2 aromatic rings. The number of carbonyl (C=O) groups excluding carboxylic acids is 3. The number of benzene rings is 2. The van der Waals surface area contributed by atoms with Crippen LogP contribution in [0, 0.1) is 0 Å². The van der Waals surface area contributed by atoms with Gasteiger partial charge in [0, 0.05) is 6.54 Å². The molecule has 33 heavy (non-hydrogen) atoms. The molecule has 2 heterocycles. The number of carbonyl (C=O) groups is 3. The number of imide groups is 1. The molecular weight excluding hydrogens is 424 g/mol. The highest BCUT2D eigenvalue weighted by Crippen LogP contribution is 2.38. The molecule has 9 heteroatoms. The molecule has 1 unspecified atom stereocenters. The topological polar surface area (TPSA) is 114 Å². The van der Waals surface area contributed by atoms with Crippen LogP contribution in [0.5, 0.6) is 11.5 Å². The molecule has 4 rings (SSSR count). The van der Waals surface area contributed by atoms with Crippen molar-refractivity contribution in [2.45, 2.75) is 30.8 Å². The molecular formula is C24H28N4O5. The van der Waals surface area contributed by atoms with Crippen molar-refractivity contribution in [1.29, 1.82) is 0 Å². The fourth-order valence-electron chi connectivity index (χ4n) is 4.61. The molecule has 2 saturated heterocycles. The van der Waals surface area contributed by atoms with E-state index in [-0.39, 0.29) is 6.67 Å². The normalized spacial score (nSPS) is 20.4. The Kier molecular flexibility index (Phi) is 6.24. The van der Waals surface area contributed by atoms with Crippen LogP contribution in [0.3, 0.4) is 0 Å². The number of methoxy groups -OCH3 is 2. The van der Waals surface area contributed by atoms with Gasteiger partial charge in [-0.1, -0.05) is 30.7 Å². The van der Waals surface area contributed by atoms with E-state index in [1.807, 2.05) is 0 Å². The first-order valence-electron chi connectivity index (χ1n) is 10.9. The molecule has 0 saturated carbocycles. The van der Waals surface area contributed by atoms with Crippen molar-refractivity contribution in [1.82, 2.24) is 15.1 Å². The summed E-state index contributed by atoms with van der Waals surface area (Å²) in [5.74, 6) is 0.403. The first-order valence-corrected chi connectivity index (χ1v) is 10.9. The highest BCUT2D eigenvalue weighted by molar-refractivity contribution is 6.09. The number of rotatable bonds is 7. The zero-order valence-corrected chi connectivity index (χ0v) is 18.7. The van der Waals surface area contributed by atoms with Gasteiger partial charge in [-0.05, 0) is 48.2 Å². The predicted octanol–water partition coefficient (Wildman–Crippen LogP) is 1.80. The van der Waals surface area contributed by atoms with Crippen molar-refractivity contribution < 1.29 is 23.9 Å². The van der Waals surface area contributed by atoms with E-state index in [1.165, 1.54) is 0 Å². The molecule has 2 aromatic carbocycles. The number of hydrogen-bond donors (Lipinski definition) is 2. The Morgan fingerprint density at radius 1 is 1.00 bits per heavy atom. The minimum atomic E-state index is -1.42. The van der Waals surface area contributed by atoms with Crippen LogP contribution in [0.2, 0.25) is 0 Å². The highest BCUT2D eigenvalue weighted by atomic mass is 16.5. The average molecular weight is 453 g/mol. The Morgan fingerprint density at radius 2 is 1.55 bits per heavy atom. The SMILES string of the molecule is COc1ccc(C2(c3ccc(OC)cc3)NC(=O)N(CN3CCCCC3C(N)=O)C2=O)cc1. The number of nitrogens with two attached hydrogens (primary N) is 1. The fraction of sp³-hybridized carbons (Fsp3) is 0.375. The van der Waals surface area contributed by atoms with E-state index in [2.05, 4.69) is 5.32 Å². The molecule has 2 aliphatic heterocycles. The molecule has 0 spiro atoms. The summed E-state index contributed by atoms with van der Waals surface area (Å²) >= 11 is 0. The van der Waals surface area contributed by atoms with E-state index in [0.717, 1.165) is 17.7 Å². The smallest absolute Gasteiger partial charge is 0.326 e. The summed E-state index contributed by atoms with van der Waals surface area (Å²) in [5, 5.41) is 2.92. The van der Waals surface area contributed by atoms with Crippen LogP contribution in [0.4, 0.5) is 4.79 Å². The molecule has 0 bridgehead atoms. The van der Waals surface area contributed by atoms with E-state index < -0.39 is 29.4 Å². The maximum Gasteiger partial charge on any atom is 0.326 e. The number of primary amides is 1. The summed E-state index contributed by atoms with van der Waals surface area (Å²) in [5.41, 5.74) is 5.35. The summed E-state index contributed by atoms with van der Waals surface area (Å²) in [6.45, 7) is 0.578. The van der Waals surface area contributed by atoms with Crippen LogP contribution < -0.4 is 20.5 Å². The Labute approximate surface area is 192 Å². The first kappa shape index (κ1) is 22.6. The number of nitrogens with one attached hydrogen (secondary N) is 1. The van der Waals surface area contributed by atoms with Crippen molar-refractivity contribution in [3.63, 3.8) is 0 Å². The maximum absolute atomic E-state index is 13.9. The Bertz CT molecular complexity index is 990. The fourth-order valence-corrected chi connectivity index (χ4v) is 4.61. The zero-order valence-electron chi connectivity index (χ0n) is 18.7. The number of nitrogens with zero attached hydrogens (tertiary/aromatic N) is 2. The minimum absolute atomic E-state index is 0.00761. The van der Waals surface area contributed by atoms with Crippen molar-refractivity contribution in [3.05, 3.63) is 59.7 Å². The van der Waals surface area contributed by atoms with Crippen LogP contribution in [0.25, 0.3) is 0 Å². The van der Waals surface area contributed by atoms with Crippen molar-refractivity contribution in [2.24, 2.45) is 5.73 Å². The van der Waals surface area contributed by atoms with Gasteiger partial charge in [0.15, 0.2) is 5.54 Å².